The first-order valence-electron chi connectivity index (χ1n) is 9.75. The summed E-state index contributed by atoms with van der Waals surface area (Å²) in [4.78, 5) is 21.5. The molecule has 1 aliphatic heterocycles. The minimum absolute atomic E-state index is 0.0811. The van der Waals surface area contributed by atoms with Gasteiger partial charge in [0, 0.05) is 0 Å². The van der Waals surface area contributed by atoms with Crippen molar-refractivity contribution in [3.8, 4) is 0 Å². The second-order valence-electron chi connectivity index (χ2n) is 7.65. The zero-order valence-electron chi connectivity index (χ0n) is 15.9. The summed E-state index contributed by atoms with van der Waals surface area (Å²) >= 11 is 0. The molecule has 7 heteroatoms. The van der Waals surface area contributed by atoms with Crippen LogP contribution in [0, 0.1) is 5.92 Å². The summed E-state index contributed by atoms with van der Waals surface area (Å²) in [5, 5.41) is 0.170. The van der Waals surface area contributed by atoms with Crippen LogP contribution in [0.1, 0.15) is 29.8 Å². The van der Waals surface area contributed by atoms with E-state index in [1.807, 2.05) is 6.07 Å². The van der Waals surface area contributed by atoms with Gasteiger partial charge >= 0.3 is 6.18 Å². The molecule has 0 spiro atoms. The number of piperidine rings is 1. The van der Waals surface area contributed by atoms with E-state index in [0.717, 1.165) is 44.5 Å². The molecule has 0 atom stereocenters. The standard InChI is InChI=1S/C22H22F3N3O/c23-22(24,25)17-6-7-18-19(13-17)26-20(27-21(18)29)14-28-10-8-16(9-11-28)12-15-4-2-1-3-5-15/h1-7,13,16H,8-12,14H2,(H,26,27,29). The summed E-state index contributed by atoms with van der Waals surface area (Å²) < 4.78 is 38.9. The lowest BCUT2D eigenvalue weighted by Gasteiger charge is -2.31. The zero-order chi connectivity index (χ0) is 20.4. The molecule has 2 heterocycles. The first-order valence-corrected chi connectivity index (χ1v) is 9.75. The van der Waals surface area contributed by atoms with Crippen LogP contribution in [0.15, 0.2) is 53.3 Å². The minimum Gasteiger partial charge on any atom is -0.309 e. The van der Waals surface area contributed by atoms with Gasteiger partial charge < -0.3 is 4.98 Å². The summed E-state index contributed by atoms with van der Waals surface area (Å²) in [6.45, 7) is 2.18. The van der Waals surface area contributed by atoms with Gasteiger partial charge in [0.25, 0.3) is 5.56 Å². The summed E-state index contributed by atoms with van der Waals surface area (Å²) in [5.74, 6) is 1.02. The van der Waals surface area contributed by atoms with Crippen molar-refractivity contribution in [2.24, 2.45) is 5.92 Å². The summed E-state index contributed by atoms with van der Waals surface area (Å²) in [6.07, 6.45) is -1.31. The quantitative estimate of drug-likeness (QED) is 0.705. The summed E-state index contributed by atoms with van der Waals surface area (Å²) in [6, 6.07) is 13.4. The van der Waals surface area contributed by atoms with Crippen molar-refractivity contribution in [3.05, 3.63) is 75.8 Å². The van der Waals surface area contributed by atoms with Gasteiger partial charge in [0.05, 0.1) is 23.0 Å². The van der Waals surface area contributed by atoms with Crippen LogP contribution in [-0.2, 0) is 19.1 Å². The van der Waals surface area contributed by atoms with Crippen molar-refractivity contribution in [3.63, 3.8) is 0 Å². The van der Waals surface area contributed by atoms with Crippen LogP contribution in [0.5, 0.6) is 0 Å². The molecule has 3 aromatic rings. The minimum atomic E-state index is -4.46. The van der Waals surface area contributed by atoms with E-state index in [0.29, 0.717) is 18.3 Å². The number of halogens is 3. The summed E-state index contributed by atoms with van der Waals surface area (Å²) in [7, 11) is 0. The SMILES string of the molecule is O=c1[nH]c(CN2CCC(Cc3ccccc3)CC2)nc2cc(C(F)(F)F)ccc12. The molecule has 29 heavy (non-hydrogen) atoms. The number of aromatic nitrogens is 2. The smallest absolute Gasteiger partial charge is 0.309 e. The molecule has 4 rings (SSSR count). The Labute approximate surface area is 166 Å². The third-order valence-corrected chi connectivity index (χ3v) is 5.53. The van der Waals surface area contributed by atoms with E-state index in [4.69, 9.17) is 0 Å². The van der Waals surface area contributed by atoms with Gasteiger partial charge in [-0.1, -0.05) is 30.3 Å². The Hall–Kier alpha value is -2.67. The van der Waals surface area contributed by atoms with Crippen LogP contribution < -0.4 is 5.56 Å². The molecule has 1 saturated heterocycles. The Balaban J connectivity index is 1.44. The molecule has 0 bridgehead atoms. The largest absolute Gasteiger partial charge is 0.416 e. The fraction of sp³-hybridized carbons (Fsp3) is 0.364. The van der Waals surface area contributed by atoms with Crippen LogP contribution in [0.25, 0.3) is 10.9 Å². The predicted octanol–water partition coefficient (Wildman–Crippen LogP) is 4.40. The highest BCUT2D eigenvalue weighted by Gasteiger charge is 2.31. The third kappa shape index (κ3) is 4.67. The van der Waals surface area contributed by atoms with Gasteiger partial charge in [0.15, 0.2) is 0 Å². The van der Waals surface area contributed by atoms with Crippen molar-refractivity contribution in [1.82, 2.24) is 14.9 Å². The normalized spacial score (nSPS) is 16.4. The molecule has 152 valence electrons. The molecule has 1 fully saturated rings. The maximum absolute atomic E-state index is 13.0. The molecular formula is C22H22F3N3O. The average Bonchev–Trinajstić information content (AvgIpc) is 2.69. The first kappa shape index (κ1) is 19.6. The van der Waals surface area contributed by atoms with E-state index in [1.54, 1.807) is 0 Å². The van der Waals surface area contributed by atoms with Crippen LogP contribution in [-0.4, -0.2) is 28.0 Å². The lowest BCUT2D eigenvalue weighted by molar-refractivity contribution is -0.137. The van der Waals surface area contributed by atoms with E-state index >= 15 is 0 Å². The van der Waals surface area contributed by atoms with Crippen molar-refractivity contribution in [2.75, 3.05) is 13.1 Å². The number of fused-ring (bicyclic) bond motifs is 1. The maximum Gasteiger partial charge on any atom is 0.416 e. The van der Waals surface area contributed by atoms with Crippen molar-refractivity contribution in [1.29, 1.82) is 0 Å². The maximum atomic E-state index is 13.0. The number of rotatable bonds is 4. The molecule has 0 unspecified atom stereocenters. The average molecular weight is 401 g/mol. The number of aromatic amines is 1. The molecular weight excluding hydrogens is 379 g/mol. The molecule has 0 saturated carbocycles. The lowest BCUT2D eigenvalue weighted by atomic mass is 9.90. The van der Waals surface area contributed by atoms with E-state index in [-0.39, 0.29) is 10.9 Å². The molecule has 1 N–H and O–H groups in total. The molecule has 0 amide bonds. The number of benzene rings is 2. The number of nitrogens with zero attached hydrogens (tertiary/aromatic N) is 2. The first-order chi connectivity index (χ1) is 13.9. The van der Waals surface area contributed by atoms with E-state index in [1.165, 1.54) is 11.6 Å². The monoisotopic (exact) mass is 401 g/mol. The van der Waals surface area contributed by atoms with E-state index in [9.17, 15) is 18.0 Å². The zero-order valence-corrected chi connectivity index (χ0v) is 15.9. The fourth-order valence-corrected chi connectivity index (χ4v) is 3.95. The predicted molar refractivity (Wildman–Crippen MR) is 106 cm³/mol. The van der Waals surface area contributed by atoms with Crippen molar-refractivity contribution >= 4 is 10.9 Å². The molecule has 1 aromatic heterocycles. The highest BCUT2D eigenvalue weighted by molar-refractivity contribution is 5.78. The molecule has 2 aromatic carbocycles. The van der Waals surface area contributed by atoms with Crippen molar-refractivity contribution < 1.29 is 13.2 Å². The lowest BCUT2D eigenvalue weighted by Crippen LogP contribution is -2.34. The molecule has 1 aliphatic rings. The Morgan fingerprint density at radius 1 is 1.07 bits per heavy atom. The molecule has 0 aliphatic carbocycles. The molecule has 4 nitrogen and oxygen atoms in total. The number of hydrogen-bond donors (Lipinski definition) is 1. The Bertz CT molecular complexity index is 1040. The van der Waals surface area contributed by atoms with Gasteiger partial charge in [-0.25, -0.2) is 4.98 Å². The number of hydrogen-bond acceptors (Lipinski definition) is 3. The second kappa shape index (κ2) is 7.99. The number of H-pyrrole nitrogens is 1. The highest BCUT2D eigenvalue weighted by Crippen LogP contribution is 2.30. The Morgan fingerprint density at radius 2 is 1.79 bits per heavy atom. The van der Waals surface area contributed by atoms with Crippen LogP contribution >= 0.6 is 0 Å². The van der Waals surface area contributed by atoms with E-state index in [2.05, 4.69) is 39.1 Å². The number of alkyl halides is 3. The topological polar surface area (TPSA) is 49.0 Å². The van der Waals surface area contributed by atoms with Gasteiger partial charge in [-0.05, 0) is 62.0 Å². The van der Waals surface area contributed by atoms with Gasteiger partial charge in [0.2, 0.25) is 0 Å². The van der Waals surface area contributed by atoms with Crippen molar-refractivity contribution in [2.45, 2.75) is 32.0 Å². The van der Waals surface area contributed by atoms with Gasteiger partial charge in [-0.15, -0.1) is 0 Å². The van der Waals surface area contributed by atoms with Gasteiger partial charge in [-0.2, -0.15) is 13.2 Å². The number of likely N-dealkylation sites (tertiary alicyclic amines) is 1. The Kier molecular flexibility index (Phi) is 5.41. The van der Waals surface area contributed by atoms with Gasteiger partial charge in [0.1, 0.15) is 5.82 Å². The third-order valence-electron chi connectivity index (χ3n) is 5.53. The van der Waals surface area contributed by atoms with Crippen LogP contribution in [0.2, 0.25) is 0 Å². The fourth-order valence-electron chi connectivity index (χ4n) is 3.95. The highest BCUT2D eigenvalue weighted by atomic mass is 19.4. The van der Waals surface area contributed by atoms with Crippen LogP contribution in [0.4, 0.5) is 13.2 Å². The number of nitrogens with one attached hydrogen (secondary N) is 1. The van der Waals surface area contributed by atoms with E-state index < -0.39 is 17.3 Å². The van der Waals surface area contributed by atoms with Crippen LogP contribution in [0.3, 0.4) is 0 Å². The molecule has 0 radical (unpaired) electrons. The summed E-state index contributed by atoms with van der Waals surface area (Å²) in [5.41, 5.74) is 0.220. The van der Waals surface area contributed by atoms with Gasteiger partial charge in [-0.3, -0.25) is 9.69 Å². The Morgan fingerprint density at radius 3 is 2.48 bits per heavy atom. The second-order valence-corrected chi connectivity index (χ2v) is 7.65.